The first-order valence-electron chi connectivity index (χ1n) is 22.7. The number of hydrogen-bond acceptors (Lipinski definition) is 22. The van der Waals surface area contributed by atoms with Gasteiger partial charge in [-0.1, -0.05) is 122 Å². The van der Waals surface area contributed by atoms with Crippen LogP contribution >= 0.6 is 35.2 Å². The molecular weight excluding hydrogens is 975 g/mol. The van der Waals surface area contributed by atoms with Gasteiger partial charge in [0.15, 0.2) is 17.7 Å². The molecule has 0 aliphatic carbocycles. The van der Waals surface area contributed by atoms with Crippen molar-refractivity contribution < 1.29 is 80.5 Å². The van der Waals surface area contributed by atoms with Crippen LogP contribution in [0, 0.1) is 5.41 Å². The van der Waals surface area contributed by atoms with E-state index in [2.05, 4.69) is 50.4 Å². The van der Waals surface area contributed by atoms with Gasteiger partial charge in [0, 0.05) is 30.7 Å². The lowest BCUT2D eigenvalue weighted by molar-refractivity contribution is -0.347. The van der Waals surface area contributed by atoms with E-state index in [0.717, 1.165) is 48.2 Å². The van der Waals surface area contributed by atoms with Crippen LogP contribution in [0.15, 0.2) is 24.8 Å². The van der Waals surface area contributed by atoms with Crippen LogP contribution in [0.2, 0.25) is 0 Å². The number of phosphoric acid groups is 3. The van der Waals surface area contributed by atoms with Crippen LogP contribution < -0.4 is 35.9 Å². The number of nitrogens with two attached hydrogens (primary N) is 1. The van der Waals surface area contributed by atoms with Crippen LogP contribution in [0.4, 0.5) is 5.82 Å². The average molecular weight is 1040 g/mol. The highest BCUT2D eigenvalue weighted by Gasteiger charge is 2.47. The molecule has 3 heterocycles. The molecule has 2 amide bonds. The minimum atomic E-state index is -5.92. The minimum absolute atomic E-state index is 0.0193. The summed E-state index contributed by atoms with van der Waals surface area (Å²) < 4.78 is 60.8. The number of nitrogen functional groups attached to an aromatic ring is 1. The SMILES string of the molecule is CCCCCCCCCCCCCCCC/C=C/C(=O)SCCNC(=O)CCNC(=O)[C@H](O)C(C)(C)COP(=O)([O-])OP(=O)([O-])OC[C@H]1O[C@@H](n2cnc3c(N)ncnc32)[C@H](O)[C@@H]1OP(=O)([O-])[O-]. The molecule has 24 nitrogen and oxygen atoms in total. The monoisotopic (exact) mass is 1040 g/mol. The maximum absolute atomic E-state index is 12.6. The number of imidazole rings is 1. The lowest BCUT2D eigenvalue weighted by atomic mass is 9.87. The van der Waals surface area contributed by atoms with Gasteiger partial charge in [0.25, 0.3) is 15.6 Å². The molecule has 3 rings (SSSR count). The molecule has 0 bridgehead atoms. The van der Waals surface area contributed by atoms with Gasteiger partial charge in [0.2, 0.25) is 16.9 Å². The number of aliphatic hydroxyl groups is 2. The number of carbonyl (C=O) groups excluding carboxylic acids is 3. The smallest absolute Gasteiger partial charge is 0.274 e. The largest absolute Gasteiger partial charge is 0.790 e. The number of thioether (sulfide) groups is 1. The number of aromatic nitrogens is 4. The molecule has 1 aliphatic rings. The number of nitrogens with one attached hydrogen (secondary N) is 2. The zero-order valence-corrected chi connectivity index (χ0v) is 42.2. The number of phosphoric ester groups is 3. The quantitative estimate of drug-likeness (QED) is 0.0376. The third-order valence-electron chi connectivity index (χ3n) is 10.7. The van der Waals surface area contributed by atoms with Gasteiger partial charge in [0.1, 0.15) is 36.3 Å². The molecule has 1 fully saturated rings. The van der Waals surface area contributed by atoms with Crippen molar-refractivity contribution in [2.45, 2.75) is 154 Å². The first kappa shape index (κ1) is 59.6. The fourth-order valence-corrected chi connectivity index (χ4v) is 10.3. The maximum atomic E-state index is 12.6. The van der Waals surface area contributed by atoms with Gasteiger partial charge in [-0.3, -0.25) is 28.1 Å². The summed E-state index contributed by atoms with van der Waals surface area (Å²) in [5.74, 6) is -1.20. The topological polar surface area (TPSA) is 375 Å². The molecule has 0 aromatic carbocycles. The van der Waals surface area contributed by atoms with Gasteiger partial charge in [-0.15, -0.1) is 0 Å². The molecule has 68 heavy (non-hydrogen) atoms. The average Bonchev–Trinajstić information content (AvgIpc) is 3.83. The Morgan fingerprint density at radius 2 is 1.51 bits per heavy atom. The summed E-state index contributed by atoms with van der Waals surface area (Å²) in [5.41, 5.74) is 4.09. The van der Waals surface area contributed by atoms with E-state index in [0.29, 0.717) is 5.75 Å². The predicted octanol–water partition coefficient (Wildman–Crippen LogP) is 2.56. The predicted molar refractivity (Wildman–Crippen MR) is 242 cm³/mol. The zero-order chi connectivity index (χ0) is 50.4. The molecule has 28 heteroatoms. The summed E-state index contributed by atoms with van der Waals surface area (Å²) >= 11 is 1.06. The first-order valence-corrected chi connectivity index (χ1v) is 28.1. The van der Waals surface area contributed by atoms with E-state index >= 15 is 0 Å². The lowest BCUT2D eigenvalue weighted by Crippen LogP contribution is -2.46. The zero-order valence-electron chi connectivity index (χ0n) is 38.7. The van der Waals surface area contributed by atoms with Crippen LogP contribution in [0.3, 0.4) is 0 Å². The van der Waals surface area contributed by atoms with E-state index in [1.165, 1.54) is 90.9 Å². The Bertz CT molecular complexity index is 2060. The third-order valence-corrected chi connectivity index (χ3v) is 14.5. The van der Waals surface area contributed by atoms with E-state index in [1.807, 2.05) is 6.08 Å². The Morgan fingerprint density at radius 1 is 0.912 bits per heavy atom. The number of ether oxygens (including phenoxy) is 1. The van der Waals surface area contributed by atoms with Gasteiger partial charge < -0.3 is 69.0 Å². The fraction of sp³-hybridized carbons (Fsp3) is 0.750. The summed E-state index contributed by atoms with van der Waals surface area (Å²) in [4.78, 5) is 96.8. The molecule has 1 saturated heterocycles. The van der Waals surface area contributed by atoms with Gasteiger partial charge in [-0.05, 0) is 18.9 Å². The fourth-order valence-electron chi connectivity index (χ4n) is 6.94. The van der Waals surface area contributed by atoms with Gasteiger partial charge in [-0.2, -0.15) is 0 Å². The highest BCUT2D eigenvalue weighted by molar-refractivity contribution is 8.14. The number of allylic oxidation sites excluding steroid dienone is 1. The van der Waals surface area contributed by atoms with E-state index in [1.54, 1.807) is 6.08 Å². The van der Waals surface area contributed by atoms with Crippen molar-refractivity contribution in [2.24, 2.45) is 5.41 Å². The second-order valence-electron chi connectivity index (χ2n) is 16.9. The maximum Gasteiger partial charge on any atom is 0.274 e. The number of carbonyl (C=O) groups is 3. The Balaban J connectivity index is 1.30. The van der Waals surface area contributed by atoms with Crippen molar-refractivity contribution in [3.63, 3.8) is 0 Å². The molecule has 0 spiro atoms. The number of fused-ring (bicyclic) bond motifs is 1. The number of anilines is 1. The molecule has 388 valence electrons. The summed E-state index contributed by atoms with van der Waals surface area (Å²) in [5, 5.41) is 26.3. The van der Waals surface area contributed by atoms with Crippen molar-refractivity contribution in [1.82, 2.24) is 30.2 Å². The van der Waals surface area contributed by atoms with Crippen molar-refractivity contribution in [2.75, 3.05) is 37.8 Å². The van der Waals surface area contributed by atoms with Crippen LogP contribution in [0.1, 0.15) is 130 Å². The second-order valence-corrected chi connectivity index (χ2v) is 22.1. The lowest BCUT2D eigenvalue weighted by Gasteiger charge is -2.36. The Morgan fingerprint density at radius 3 is 2.13 bits per heavy atom. The molecular formula is C40H66N7O17P3S-4. The molecule has 2 unspecified atom stereocenters. The first-order chi connectivity index (χ1) is 32.1. The van der Waals surface area contributed by atoms with E-state index in [9.17, 15) is 57.9 Å². The molecule has 0 radical (unpaired) electrons. The van der Waals surface area contributed by atoms with E-state index in [-0.39, 0.29) is 41.6 Å². The second kappa shape index (κ2) is 29.6. The number of hydrogen-bond donors (Lipinski definition) is 5. The van der Waals surface area contributed by atoms with E-state index < -0.39 is 84.6 Å². The molecule has 1 aliphatic heterocycles. The van der Waals surface area contributed by atoms with Crippen molar-refractivity contribution in [3.05, 3.63) is 24.8 Å². The number of rotatable bonds is 35. The highest BCUT2D eigenvalue weighted by Crippen LogP contribution is 2.56. The summed E-state index contributed by atoms with van der Waals surface area (Å²) in [6.45, 7) is 2.36. The van der Waals surface area contributed by atoms with Gasteiger partial charge in [-0.25, -0.2) is 19.3 Å². The van der Waals surface area contributed by atoms with Crippen molar-refractivity contribution in [3.8, 4) is 0 Å². The van der Waals surface area contributed by atoms with Crippen molar-refractivity contribution >= 4 is 69.1 Å². The minimum Gasteiger partial charge on any atom is -0.790 e. The van der Waals surface area contributed by atoms with E-state index in [4.69, 9.17) is 10.5 Å². The van der Waals surface area contributed by atoms with Crippen LogP contribution in [0.5, 0.6) is 0 Å². The molecule has 0 saturated carbocycles. The normalized spacial score (nSPS) is 20.1. The highest BCUT2D eigenvalue weighted by atomic mass is 32.2. The molecule has 2 aromatic heterocycles. The summed E-state index contributed by atoms with van der Waals surface area (Å²) in [6.07, 6.45) is 14.6. The number of nitrogens with zero attached hydrogens (tertiary/aromatic N) is 4. The van der Waals surface area contributed by atoms with Crippen LogP contribution in [-0.4, -0.2) is 103 Å². The number of amides is 2. The molecule has 2 aromatic rings. The van der Waals surface area contributed by atoms with Gasteiger partial charge in [0.05, 0.1) is 27.4 Å². The number of unbranched alkanes of at least 4 members (excludes halogenated alkanes) is 14. The van der Waals surface area contributed by atoms with Gasteiger partial charge >= 0.3 is 0 Å². The van der Waals surface area contributed by atoms with Crippen LogP contribution in [-0.2, 0) is 50.7 Å². The molecule has 6 N–H and O–H groups in total. The Hall–Kier alpha value is -2.70. The molecule has 7 atom stereocenters. The Labute approximate surface area is 400 Å². The summed E-state index contributed by atoms with van der Waals surface area (Å²) in [6, 6.07) is 0. The number of aliphatic hydroxyl groups excluding tert-OH is 2. The standard InChI is InChI=1S/C40H70N7O17P3S/c1-4-5-6-7-8-9-10-11-12-13-14-15-16-17-18-19-20-31(49)68-24-23-42-30(48)21-22-43-38(52)35(51)40(2,3)26-61-67(58,59)64-66(56,57)60-25-29-34(63-65(53,54)55)33(50)39(62-29)47-28-46-32-36(41)44-27-45-37(32)47/h19-20,27-29,33-35,39,50-51H,4-18,21-26H2,1-3H3,(H,42,48)(H,43,52)(H,56,57)(H,58,59)(H2,41,44,45)(H2,53,54,55)/p-4/b20-19+/t29-,33-,34-,35+,39-/m1/s1. The van der Waals surface area contributed by atoms with Crippen LogP contribution in [0.25, 0.3) is 11.2 Å². The summed E-state index contributed by atoms with van der Waals surface area (Å²) in [7, 11) is -17.6. The third kappa shape index (κ3) is 22.2. The van der Waals surface area contributed by atoms with Crippen molar-refractivity contribution in [1.29, 1.82) is 0 Å². The Kier molecular flexibility index (Phi) is 25.9.